The lowest BCUT2D eigenvalue weighted by Gasteiger charge is -1.96. The lowest BCUT2D eigenvalue weighted by Crippen LogP contribution is -2.16. The predicted molar refractivity (Wildman–Crippen MR) is 65.5 cm³/mol. The highest BCUT2D eigenvalue weighted by atomic mass is 35.5. The minimum atomic E-state index is -0.232. The van der Waals surface area contributed by atoms with Gasteiger partial charge in [0.1, 0.15) is 11.6 Å². The van der Waals surface area contributed by atoms with Gasteiger partial charge in [0, 0.05) is 13.0 Å². The van der Waals surface area contributed by atoms with Gasteiger partial charge >= 0.3 is 0 Å². The van der Waals surface area contributed by atoms with Gasteiger partial charge in [-0.25, -0.2) is 9.37 Å². The molecule has 3 nitrogen and oxygen atoms in total. The van der Waals surface area contributed by atoms with Gasteiger partial charge in [0.05, 0.1) is 11.0 Å². The molecule has 88 valence electrons. The van der Waals surface area contributed by atoms with E-state index < -0.39 is 0 Å². The fourth-order valence-electron chi connectivity index (χ4n) is 1.54. The molecule has 0 atom stereocenters. The predicted octanol–water partition coefficient (Wildman–Crippen LogP) is 2.28. The van der Waals surface area contributed by atoms with Crippen LogP contribution < -0.4 is 5.32 Å². The van der Waals surface area contributed by atoms with E-state index in [1.165, 1.54) is 12.1 Å². The first-order chi connectivity index (χ1) is 7.29. The Morgan fingerprint density at radius 2 is 2.25 bits per heavy atom. The fraction of sp³-hybridized carbons (Fsp3) is 0.364. The van der Waals surface area contributed by atoms with Gasteiger partial charge in [-0.15, -0.1) is 12.4 Å². The molecule has 0 aliphatic rings. The number of hydrogen-bond acceptors (Lipinski definition) is 2. The molecule has 0 spiro atoms. The number of likely N-dealkylation sites (N-methyl/N-ethyl adjacent to an activating group) is 1. The van der Waals surface area contributed by atoms with Crippen LogP contribution in [-0.2, 0) is 6.42 Å². The first-order valence-corrected chi connectivity index (χ1v) is 5.14. The van der Waals surface area contributed by atoms with Crippen LogP contribution in [0.1, 0.15) is 12.7 Å². The summed E-state index contributed by atoms with van der Waals surface area (Å²) in [6.45, 7) is 3.90. The van der Waals surface area contributed by atoms with Crippen LogP contribution in [0, 0.1) is 5.82 Å². The monoisotopic (exact) mass is 243 g/mol. The van der Waals surface area contributed by atoms with E-state index >= 15 is 0 Å². The van der Waals surface area contributed by atoms with Crippen molar-refractivity contribution in [1.82, 2.24) is 15.3 Å². The Hall–Kier alpha value is -1.13. The molecule has 2 N–H and O–H groups in total. The Morgan fingerprint density at radius 3 is 3.00 bits per heavy atom. The molecule has 16 heavy (non-hydrogen) atoms. The van der Waals surface area contributed by atoms with Crippen molar-refractivity contribution < 1.29 is 4.39 Å². The number of nitrogens with one attached hydrogen (secondary N) is 2. The van der Waals surface area contributed by atoms with Crippen molar-refractivity contribution in [3.8, 4) is 0 Å². The van der Waals surface area contributed by atoms with Gasteiger partial charge in [0.15, 0.2) is 0 Å². The lowest BCUT2D eigenvalue weighted by atomic mass is 10.3. The molecule has 0 aliphatic heterocycles. The second kappa shape index (κ2) is 5.82. The number of fused-ring (bicyclic) bond motifs is 1. The Bertz CT molecular complexity index is 455. The highest BCUT2D eigenvalue weighted by Crippen LogP contribution is 2.12. The summed E-state index contributed by atoms with van der Waals surface area (Å²) in [6, 6.07) is 4.59. The van der Waals surface area contributed by atoms with E-state index in [1.54, 1.807) is 6.07 Å². The molecule has 1 aromatic carbocycles. The van der Waals surface area contributed by atoms with Crippen molar-refractivity contribution in [1.29, 1.82) is 0 Å². The summed E-state index contributed by atoms with van der Waals surface area (Å²) in [4.78, 5) is 7.47. The normalized spacial score (nSPS) is 10.4. The third-order valence-corrected chi connectivity index (χ3v) is 2.28. The maximum absolute atomic E-state index is 12.9. The van der Waals surface area contributed by atoms with Crippen LogP contribution in [0.15, 0.2) is 18.2 Å². The summed E-state index contributed by atoms with van der Waals surface area (Å²) in [5.74, 6) is 0.668. The molecule has 0 unspecified atom stereocenters. The lowest BCUT2D eigenvalue weighted by molar-refractivity contribution is 0.629. The minimum absolute atomic E-state index is 0. The largest absolute Gasteiger partial charge is 0.342 e. The number of halogens is 2. The molecule has 0 saturated carbocycles. The number of hydrogen-bond donors (Lipinski definition) is 2. The number of rotatable bonds is 4. The quantitative estimate of drug-likeness (QED) is 0.809. The first kappa shape index (κ1) is 12.9. The van der Waals surface area contributed by atoms with E-state index in [-0.39, 0.29) is 18.2 Å². The van der Waals surface area contributed by atoms with E-state index in [0.29, 0.717) is 0 Å². The Kier molecular flexibility index (Phi) is 4.71. The highest BCUT2D eigenvalue weighted by Gasteiger charge is 2.02. The molecule has 0 saturated heterocycles. The summed E-state index contributed by atoms with van der Waals surface area (Å²) in [7, 11) is 0. The Morgan fingerprint density at radius 1 is 1.44 bits per heavy atom. The zero-order valence-electron chi connectivity index (χ0n) is 9.09. The summed E-state index contributed by atoms with van der Waals surface area (Å²) in [6.07, 6.45) is 0.837. The number of H-pyrrole nitrogens is 1. The Labute approximate surface area is 99.9 Å². The molecule has 0 fully saturated rings. The molecule has 0 amide bonds. The number of benzene rings is 1. The minimum Gasteiger partial charge on any atom is -0.342 e. The van der Waals surface area contributed by atoms with Gasteiger partial charge in [-0.05, 0) is 24.7 Å². The van der Waals surface area contributed by atoms with Crippen molar-refractivity contribution in [3.63, 3.8) is 0 Å². The molecule has 1 heterocycles. The molecule has 0 aliphatic carbocycles. The number of imidazole rings is 1. The van der Waals surface area contributed by atoms with E-state index in [2.05, 4.69) is 22.2 Å². The van der Waals surface area contributed by atoms with Crippen LogP contribution in [0.25, 0.3) is 11.0 Å². The van der Waals surface area contributed by atoms with Crippen molar-refractivity contribution in [2.75, 3.05) is 13.1 Å². The summed E-state index contributed by atoms with van der Waals surface area (Å²) < 4.78 is 12.9. The maximum Gasteiger partial charge on any atom is 0.125 e. The second-order valence-electron chi connectivity index (χ2n) is 3.45. The van der Waals surface area contributed by atoms with Crippen LogP contribution in [-0.4, -0.2) is 23.1 Å². The Balaban J connectivity index is 0.00000128. The van der Waals surface area contributed by atoms with E-state index in [0.717, 1.165) is 36.4 Å². The van der Waals surface area contributed by atoms with Crippen LogP contribution in [0.5, 0.6) is 0 Å². The van der Waals surface area contributed by atoms with Crippen molar-refractivity contribution in [2.24, 2.45) is 0 Å². The first-order valence-electron chi connectivity index (χ1n) is 5.14. The van der Waals surface area contributed by atoms with Gasteiger partial charge in [-0.2, -0.15) is 0 Å². The molecule has 2 rings (SSSR count). The maximum atomic E-state index is 12.9. The van der Waals surface area contributed by atoms with Crippen molar-refractivity contribution >= 4 is 23.4 Å². The van der Waals surface area contributed by atoms with Gasteiger partial charge < -0.3 is 10.3 Å². The van der Waals surface area contributed by atoms with Crippen LogP contribution in [0.3, 0.4) is 0 Å². The van der Waals surface area contributed by atoms with Gasteiger partial charge in [-0.1, -0.05) is 6.92 Å². The number of aromatic amines is 1. The molecular formula is C11H15ClFN3. The topological polar surface area (TPSA) is 40.7 Å². The summed E-state index contributed by atoms with van der Waals surface area (Å²) in [5.41, 5.74) is 1.59. The summed E-state index contributed by atoms with van der Waals surface area (Å²) in [5, 5.41) is 3.22. The average Bonchev–Trinajstić information content (AvgIpc) is 2.60. The van der Waals surface area contributed by atoms with Crippen LogP contribution in [0.4, 0.5) is 4.39 Å². The SMILES string of the molecule is CCNCCc1nc2ccc(F)cc2[nH]1.Cl. The van der Waals surface area contributed by atoms with E-state index in [9.17, 15) is 4.39 Å². The standard InChI is InChI=1S/C11H14FN3.ClH/c1-2-13-6-5-11-14-9-4-3-8(12)7-10(9)15-11;/h3-4,7,13H,2,5-6H2,1H3,(H,14,15);1H. The van der Waals surface area contributed by atoms with E-state index in [4.69, 9.17) is 0 Å². The van der Waals surface area contributed by atoms with Crippen LogP contribution in [0.2, 0.25) is 0 Å². The number of nitrogens with zero attached hydrogens (tertiary/aromatic N) is 1. The third kappa shape index (κ3) is 2.93. The van der Waals surface area contributed by atoms with Crippen molar-refractivity contribution in [2.45, 2.75) is 13.3 Å². The zero-order valence-corrected chi connectivity index (χ0v) is 9.90. The molecular weight excluding hydrogens is 229 g/mol. The highest BCUT2D eigenvalue weighted by molar-refractivity contribution is 5.85. The third-order valence-electron chi connectivity index (χ3n) is 2.28. The van der Waals surface area contributed by atoms with E-state index in [1.807, 2.05) is 0 Å². The summed E-state index contributed by atoms with van der Waals surface area (Å²) >= 11 is 0. The molecule has 2 aromatic rings. The average molecular weight is 244 g/mol. The molecule has 5 heteroatoms. The fourth-order valence-corrected chi connectivity index (χ4v) is 1.54. The zero-order chi connectivity index (χ0) is 10.7. The second-order valence-corrected chi connectivity index (χ2v) is 3.45. The molecule has 0 bridgehead atoms. The van der Waals surface area contributed by atoms with Gasteiger partial charge in [-0.3, -0.25) is 0 Å². The molecule has 1 aromatic heterocycles. The van der Waals surface area contributed by atoms with Gasteiger partial charge in [0.2, 0.25) is 0 Å². The molecule has 0 radical (unpaired) electrons. The van der Waals surface area contributed by atoms with Gasteiger partial charge in [0.25, 0.3) is 0 Å². The van der Waals surface area contributed by atoms with Crippen molar-refractivity contribution in [3.05, 3.63) is 29.8 Å². The number of aromatic nitrogens is 2. The smallest absolute Gasteiger partial charge is 0.125 e. The van der Waals surface area contributed by atoms with Crippen LogP contribution >= 0.6 is 12.4 Å².